The van der Waals surface area contributed by atoms with Gasteiger partial charge in [-0.15, -0.1) is 0 Å². The number of hydrogen-bond acceptors (Lipinski definition) is 4. The minimum Gasteiger partial charge on any atom is -0.341 e. The van der Waals surface area contributed by atoms with E-state index in [0.29, 0.717) is 19.0 Å². The number of nitrogens with zero attached hydrogens (tertiary/aromatic N) is 3. The maximum absolute atomic E-state index is 13.4. The number of nitrogens with one attached hydrogen (secondary N) is 1. The third kappa shape index (κ3) is 4.44. The third-order valence-electron chi connectivity index (χ3n) is 7.35. The summed E-state index contributed by atoms with van der Waals surface area (Å²) in [6, 6.07) is 9.14. The first-order chi connectivity index (χ1) is 15.9. The van der Waals surface area contributed by atoms with Gasteiger partial charge in [-0.1, -0.05) is 25.0 Å². The summed E-state index contributed by atoms with van der Waals surface area (Å²) in [5.41, 5.74) is 9.14. The molecule has 0 radical (unpaired) electrons. The van der Waals surface area contributed by atoms with Crippen molar-refractivity contribution in [1.82, 2.24) is 14.8 Å². The zero-order valence-electron chi connectivity index (χ0n) is 18.7. The molecule has 2 aliphatic heterocycles. The molecule has 3 heterocycles. The first-order valence-corrected chi connectivity index (χ1v) is 11.8. The Hall–Kier alpha value is -3.00. The molecule has 5 rings (SSSR count). The predicted octanol–water partition coefficient (Wildman–Crippen LogP) is 3.75. The lowest BCUT2D eigenvalue weighted by Gasteiger charge is -2.37. The zero-order valence-corrected chi connectivity index (χ0v) is 18.7. The maximum atomic E-state index is 13.4. The van der Waals surface area contributed by atoms with Crippen LogP contribution in [-0.4, -0.2) is 45.4 Å². The number of amides is 3. The van der Waals surface area contributed by atoms with Crippen molar-refractivity contribution in [3.63, 3.8) is 0 Å². The molecule has 3 N–H and O–H groups in total. The number of nitrogens with two attached hydrogens (primary N) is 1. The van der Waals surface area contributed by atoms with E-state index in [1.165, 1.54) is 17.8 Å². The van der Waals surface area contributed by atoms with E-state index in [1.54, 1.807) is 4.90 Å². The molecule has 3 aliphatic rings. The van der Waals surface area contributed by atoms with Gasteiger partial charge in [0.1, 0.15) is 5.82 Å². The molecule has 1 aliphatic carbocycles. The fourth-order valence-corrected chi connectivity index (χ4v) is 5.37. The molecule has 1 saturated heterocycles. The molecular formula is C25H30FN5O2. The van der Waals surface area contributed by atoms with Gasteiger partial charge in [0.25, 0.3) is 0 Å². The van der Waals surface area contributed by atoms with Crippen LogP contribution in [0.15, 0.2) is 36.5 Å². The topological polar surface area (TPSA) is 91.6 Å². The average molecular weight is 452 g/mol. The molecule has 8 heteroatoms. The molecule has 1 aromatic carbocycles. The molecule has 0 unspecified atom stereocenters. The van der Waals surface area contributed by atoms with Gasteiger partial charge in [0, 0.05) is 25.3 Å². The maximum Gasteiger partial charge on any atom is 0.322 e. The summed E-state index contributed by atoms with van der Waals surface area (Å²) in [7, 11) is 0. The van der Waals surface area contributed by atoms with Gasteiger partial charge in [0.05, 0.1) is 24.0 Å². The van der Waals surface area contributed by atoms with Crippen LogP contribution in [0.4, 0.5) is 14.9 Å². The third-order valence-corrected chi connectivity index (χ3v) is 7.35. The first kappa shape index (κ1) is 21.8. The van der Waals surface area contributed by atoms with Crippen molar-refractivity contribution < 1.29 is 14.0 Å². The molecule has 174 valence electrons. The second-order valence-electron chi connectivity index (χ2n) is 9.60. The highest BCUT2D eigenvalue weighted by Gasteiger charge is 2.40. The standard InChI is InChI=1S/C25H30FN5O2/c26-20-13-19-15-31(16-22(19)28-14-20)24(33)29-21-5-3-17(4-6-21)18-7-11-30(12-8-18)23(32)25(27)9-1-2-10-25/h3-6,13-14,18H,1-2,7-12,15-16,27H2,(H,29,33). The van der Waals surface area contributed by atoms with E-state index in [9.17, 15) is 14.0 Å². The second kappa shape index (κ2) is 8.74. The van der Waals surface area contributed by atoms with Crippen LogP contribution in [0.5, 0.6) is 0 Å². The van der Waals surface area contributed by atoms with Crippen LogP contribution in [0.2, 0.25) is 0 Å². The van der Waals surface area contributed by atoms with Crippen molar-refractivity contribution in [1.29, 1.82) is 0 Å². The van der Waals surface area contributed by atoms with Crippen LogP contribution in [0.3, 0.4) is 0 Å². The van der Waals surface area contributed by atoms with Gasteiger partial charge >= 0.3 is 6.03 Å². The highest BCUT2D eigenvalue weighted by molar-refractivity contribution is 5.89. The fourth-order valence-electron chi connectivity index (χ4n) is 5.37. The lowest BCUT2D eigenvalue weighted by atomic mass is 9.88. The Morgan fingerprint density at radius 2 is 1.76 bits per heavy atom. The molecule has 1 saturated carbocycles. The van der Waals surface area contributed by atoms with E-state index < -0.39 is 5.54 Å². The Bertz CT molecular complexity index is 1040. The summed E-state index contributed by atoms with van der Waals surface area (Å²) in [5.74, 6) is 0.131. The number of aromatic nitrogens is 1. The van der Waals surface area contributed by atoms with Gasteiger partial charge in [-0.05, 0) is 60.9 Å². The largest absolute Gasteiger partial charge is 0.341 e. The number of rotatable bonds is 3. The minimum atomic E-state index is -0.645. The monoisotopic (exact) mass is 451 g/mol. The second-order valence-corrected chi connectivity index (χ2v) is 9.60. The molecule has 1 aromatic heterocycles. The van der Waals surface area contributed by atoms with E-state index in [-0.39, 0.29) is 17.8 Å². The van der Waals surface area contributed by atoms with Crippen LogP contribution >= 0.6 is 0 Å². The van der Waals surface area contributed by atoms with Crippen molar-refractivity contribution in [3.05, 3.63) is 59.2 Å². The molecule has 0 spiro atoms. The van der Waals surface area contributed by atoms with Crippen molar-refractivity contribution in [3.8, 4) is 0 Å². The van der Waals surface area contributed by atoms with Crippen molar-refractivity contribution >= 4 is 17.6 Å². The van der Waals surface area contributed by atoms with Crippen molar-refractivity contribution in [2.45, 2.75) is 63.1 Å². The van der Waals surface area contributed by atoms with Gasteiger partial charge in [-0.25, -0.2) is 9.18 Å². The Labute approximate surface area is 193 Å². The van der Waals surface area contributed by atoms with Crippen LogP contribution < -0.4 is 11.1 Å². The summed E-state index contributed by atoms with van der Waals surface area (Å²) >= 11 is 0. The van der Waals surface area contributed by atoms with Crippen molar-refractivity contribution in [2.75, 3.05) is 18.4 Å². The van der Waals surface area contributed by atoms with Crippen LogP contribution in [0.1, 0.15) is 61.3 Å². The highest BCUT2D eigenvalue weighted by Crippen LogP contribution is 2.33. The smallest absolute Gasteiger partial charge is 0.322 e. The molecule has 2 aromatic rings. The number of benzene rings is 1. The van der Waals surface area contributed by atoms with E-state index in [0.717, 1.165) is 68.6 Å². The lowest BCUT2D eigenvalue weighted by molar-refractivity contribution is -0.137. The number of urea groups is 1. The molecule has 7 nitrogen and oxygen atoms in total. The summed E-state index contributed by atoms with van der Waals surface area (Å²) in [6.07, 6.45) is 6.71. The molecule has 33 heavy (non-hydrogen) atoms. The van der Waals surface area contributed by atoms with Gasteiger partial charge in [-0.3, -0.25) is 9.78 Å². The van der Waals surface area contributed by atoms with E-state index in [2.05, 4.69) is 22.4 Å². The number of anilines is 1. The van der Waals surface area contributed by atoms with E-state index in [1.807, 2.05) is 17.0 Å². The quantitative estimate of drug-likeness (QED) is 0.744. The summed E-state index contributed by atoms with van der Waals surface area (Å²) in [6.45, 7) is 2.21. The first-order valence-electron chi connectivity index (χ1n) is 11.8. The number of carbonyl (C=O) groups is 2. The van der Waals surface area contributed by atoms with Crippen LogP contribution in [-0.2, 0) is 17.9 Å². The Kier molecular flexibility index (Phi) is 5.78. The van der Waals surface area contributed by atoms with Gasteiger partial charge in [-0.2, -0.15) is 0 Å². The van der Waals surface area contributed by atoms with Gasteiger partial charge < -0.3 is 20.9 Å². The Morgan fingerprint density at radius 1 is 1.06 bits per heavy atom. The Balaban J connectivity index is 1.14. The number of piperidine rings is 1. The van der Waals surface area contributed by atoms with Gasteiger partial charge in [0.2, 0.25) is 5.91 Å². The molecule has 0 bridgehead atoms. The Morgan fingerprint density at radius 3 is 2.45 bits per heavy atom. The normalized spacial score (nSPS) is 20.1. The molecule has 0 atom stereocenters. The molecule has 3 amide bonds. The number of hydrogen-bond donors (Lipinski definition) is 2. The zero-order chi connectivity index (χ0) is 23.0. The minimum absolute atomic E-state index is 0.124. The van der Waals surface area contributed by atoms with Crippen LogP contribution in [0, 0.1) is 5.82 Å². The number of likely N-dealkylation sites (tertiary alicyclic amines) is 1. The molecular weight excluding hydrogens is 421 g/mol. The number of carbonyl (C=O) groups excluding carboxylic acids is 2. The average Bonchev–Trinajstić information content (AvgIpc) is 3.46. The summed E-state index contributed by atoms with van der Waals surface area (Å²) in [5, 5.41) is 2.92. The lowest BCUT2D eigenvalue weighted by Crippen LogP contribution is -2.55. The fraction of sp³-hybridized carbons (Fsp3) is 0.480. The van der Waals surface area contributed by atoms with Crippen LogP contribution in [0.25, 0.3) is 0 Å². The van der Waals surface area contributed by atoms with E-state index >= 15 is 0 Å². The van der Waals surface area contributed by atoms with E-state index in [4.69, 9.17) is 5.73 Å². The van der Waals surface area contributed by atoms with Crippen molar-refractivity contribution in [2.24, 2.45) is 5.73 Å². The molecule has 2 fully saturated rings. The summed E-state index contributed by atoms with van der Waals surface area (Å²) in [4.78, 5) is 33.1. The SMILES string of the molecule is NC1(C(=O)N2CCC(c3ccc(NC(=O)N4Cc5cc(F)cnc5C4)cc3)CC2)CCCC1. The highest BCUT2D eigenvalue weighted by atomic mass is 19.1. The number of halogens is 1. The number of fused-ring (bicyclic) bond motifs is 1. The summed E-state index contributed by atoms with van der Waals surface area (Å²) < 4.78 is 13.4. The number of pyridine rings is 1. The predicted molar refractivity (Wildman–Crippen MR) is 123 cm³/mol. The van der Waals surface area contributed by atoms with Gasteiger partial charge in [0.15, 0.2) is 0 Å².